The van der Waals surface area contributed by atoms with Crippen molar-refractivity contribution in [1.82, 2.24) is 9.38 Å². The number of hydrogen-bond acceptors (Lipinski definition) is 3. The summed E-state index contributed by atoms with van der Waals surface area (Å²) in [6.07, 6.45) is 4.71. The molecule has 1 unspecified atom stereocenters. The van der Waals surface area contributed by atoms with Gasteiger partial charge in [0.05, 0.1) is 5.69 Å². The van der Waals surface area contributed by atoms with E-state index < -0.39 is 0 Å². The van der Waals surface area contributed by atoms with Crippen LogP contribution in [-0.2, 0) is 6.42 Å². The van der Waals surface area contributed by atoms with Gasteiger partial charge in [0.2, 0.25) is 0 Å². The second-order valence-electron chi connectivity index (χ2n) is 4.66. The fourth-order valence-electron chi connectivity index (χ4n) is 2.14. The van der Waals surface area contributed by atoms with Crippen molar-refractivity contribution in [3.05, 3.63) is 57.8 Å². The van der Waals surface area contributed by atoms with Gasteiger partial charge in [0.1, 0.15) is 0 Å². The topological polar surface area (TPSA) is 43.3 Å². The highest BCUT2D eigenvalue weighted by Gasteiger charge is 2.13. The third-order valence-electron chi connectivity index (χ3n) is 3.13. The number of halogens is 1. The zero-order valence-electron chi connectivity index (χ0n) is 10.5. The fourth-order valence-corrected chi connectivity index (χ4v) is 3.24. The summed E-state index contributed by atoms with van der Waals surface area (Å²) in [5.74, 6) is 0. The Morgan fingerprint density at radius 3 is 3.05 bits per heavy atom. The summed E-state index contributed by atoms with van der Waals surface area (Å²) in [7, 11) is 0. The molecule has 0 aliphatic rings. The third-order valence-corrected chi connectivity index (χ3v) is 4.23. The van der Waals surface area contributed by atoms with Gasteiger partial charge in [0, 0.05) is 35.3 Å². The Bertz CT molecular complexity index is 688. The van der Waals surface area contributed by atoms with E-state index in [-0.39, 0.29) is 6.04 Å². The van der Waals surface area contributed by atoms with E-state index in [0.29, 0.717) is 6.42 Å². The molecule has 0 aliphatic heterocycles. The zero-order chi connectivity index (χ0) is 13.4. The number of thiazole rings is 1. The molecule has 0 spiro atoms. The molecule has 0 aliphatic carbocycles. The van der Waals surface area contributed by atoms with Crippen LogP contribution in [0.3, 0.4) is 0 Å². The van der Waals surface area contributed by atoms with Gasteiger partial charge in [-0.1, -0.05) is 23.7 Å². The minimum absolute atomic E-state index is 0.127. The van der Waals surface area contributed by atoms with Crippen LogP contribution in [0.4, 0.5) is 0 Å². The van der Waals surface area contributed by atoms with Crippen molar-refractivity contribution in [3.63, 3.8) is 0 Å². The SMILES string of the molecule is Cc1ccc(C(N)Cc2cn3ccsc3n2)c(Cl)c1. The molecule has 0 fully saturated rings. The molecule has 0 saturated carbocycles. The number of aromatic nitrogens is 2. The summed E-state index contributed by atoms with van der Waals surface area (Å²) >= 11 is 7.87. The van der Waals surface area contributed by atoms with Gasteiger partial charge in [-0.25, -0.2) is 4.98 Å². The van der Waals surface area contributed by atoms with Crippen molar-refractivity contribution in [2.24, 2.45) is 5.73 Å². The molecule has 0 saturated heterocycles. The Hall–Kier alpha value is -1.36. The molecule has 3 aromatic rings. The van der Waals surface area contributed by atoms with E-state index in [0.717, 1.165) is 26.8 Å². The lowest BCUT2D eigenvalue weighted by atomic mass is 10.0. The van der Waals surface area contributed by atoms with Crippen LogP contribution in [0.15, 0.2) is 36.0 Å². The maximum absolute atomic E-state index is 6.24. The van der Waals surface area contributed by atoms with Crippen LogP contribution in [0.2, 0.25) is 5.02 Å². The highest BCUT2D eigenvalue weighted by Crippen LogP contribution is 2.25. The highest BCUT2D eigenvalue weighted by molar-refractivity contribution is 7.15. The Morgan fingerprint density at radius 2 is 2.32 bits per heavy atom. The number of hydrogen-bond donors (Lipinski definition) is 1. The van der Waals surface area contributed by atoms with Crippen molar-refractivity contribution >= 4 is 27.9 Å². The molecule has 2 N–H and O–H groups in total. The van der Waals surface area contributed by atoms with Gasteiger partial charge in [0.25, 0.3) is 0 Å². The monoisotopic (exact) mass is 291 g/mol. The van der Waals surface area contributed by atoms with E-state index in [4.69, 9.17) is 17.3 Å². The molecular formula is C14H14ClN3S. The van der Waals surface area contributed by atoms with E-state index in [2.05, 4.69) is 4.98 Å². The Morgan fingerprint density at radius 1 is 1.47 bits per heavy atom. The minimum Gasteiger partial charge on any atom is -0.324 e. The summed E-state index contributed by atoms with van der Waals surface area (Å²) in [4.78, 5) is 5.54. The lowest BCUT2D eigenvalue weighted by Gasteiger charge is -2.12. The lowest BCUT2D eigenvalue weighted by molar-refractivity contribution is 0.710. The Balaban J connectivity index is 1.84. The number of imidazole rings is 1. The maximum atomic E-state index is 6.24. The molecule has 0 radical (unpaired) electrons. The van der Waals surface area contributed by atoms with E-state index in [1.165, 1.54) is 0 Å². The average Bonchev–Trinajstić information content (AvgIpc) is 2.89. The maximum Gasteiger partial charge on any atom is 0.193 e. The molecule has 2 heterocycles. The second kappa shape index (κ2) is 4.96. The van der Waals surface area contributed by atoms with Gasteiger partial charge in [-0.2, -0.15) is 0 Å². The summed E-state index contributed by atoms with van der Waals surface area (Å²) in [6.45, 7) is 2.02. The standard InChI is InChI=1S/C14H14ClN3S/c1-9-2-3-11(12(15)6-9)13(16)7-10-8-18-4-5-19-14(18)17-10/h2-6,8,13H,7,16H2,1H3. The summed E-state index contributed by atoms with van der Waals surface area (Å²) in [5.41, 5.74) is 9.35. The van der Waals surface area contributed by atoms with E-state index in [1.807, 2.05) is 47.3 Å². The third kappa shape index (κ3) is 2.52. The van der Waals surface area contributed by atoms with Crippen LogP contribution < -0.4 is 5.73 Å². The Labute approximate surface area is 120 Å². The Kier molecular flexibility index (Phi) is 3.31. The molecule has 19 heavy (non-hydrogen) atoms. The van der Waals surface area contributed by atoms with Crippen LogP contribution in [0.5, 0.6) is 0 Å². The number of benzene rings is 1. The van der Waals surface area contributed by atoms with Gasteiger partial charge in [0.15, 0.2) is 4.96 Å². The molecule has 0 bridgehead atoms. The van der Waals surface area contributed by atoms with E-state index >= 15 is 0 Å². The number of rotatable bonds is 3. The second-order valence-corrected chi connectivity index (χ2v) is 5.94. The van der Waals surface area contributed by atoms with Gasteiger partial charge >= 0.3 is 0 Å². The molecule has 3 rings (SSSR count). The van der Waals surface area contributed by atoms with Crippen LogP contribution in [0.1, 0.15) is 22.9 Å². The molecule has 5 heteroatoms. The first-order valence-electron chi connectivity index (χ1n) is 6.06. The normalized spacial score (nSPS) is 13.0. The van der Waals surface area contributed by atoms with Crippen molar-refractivity contribution in [3.8, 4) is 0 Å². The first kappa shape index (κ1) is 12.7. The molecule has 0 amide bonds. The largest absolute Gasteiger partial charge is 0.324 e. The molecule has 3 nitrogen and oxygen atoms in total. The molecule has 1 aromatic carbocycles. The highest BCUT2D eigenvalue weighted by atomic mass is 35.5. The van der Waals surface area contributed by atoms with Crippen LogP contribution in [0, 0.1) is 6.92 Å². The summed E-state index contributed by atoms with van der Waals surface area (Å²) in [6, 6.07) is 5.86. The minimum atomic E-state index is -0.127. The quantitative estimate of drug-likeness (QED) is 0.801. The first-order chi connectivity index (χ1) is 9.13. The molecule has 98 valence electrons. The number of nitrogens with zero attached hydrogens (tertiary/aromatic N) is 2. The molecule has 1 atom stereocenters. The van der Waals surface area contributed by atoms with Crippen molar-refractivity contribution in [1.29, 1.82) is 0 Å². The average molecular weight is 292 g/mol. The van der Waals surface area contributed by atoms with E-state index in [1.54, 1.807) is 11.3 Å². The van der Waals surface area contributed by atoms with Gasteiger partial charge in [-0.15, -0.1) is 11.3 Å². The molecule has 2 aromatic heterocycles. The summed E-state index contributed by atoms with van der Waals surface area (Å²) < 4.78 is 2.02. The van der Waals surface area contributed by atoms with Gasteiger partial charge in [-0.3, -0.25) is 4.40 Å². The summed E-state index contributed by atoms with van der Waals surface area (Å²) in [5, 5.41) is 2.75. The van der Waals surface area contributed by atoms with E-state index in [9.17, 15) is 0 Å². The predicted octanol–water partition coefficient (Wildman–Crippen LogP) is 3.60. The van der Waals surface area contributed by atoms with Crippen molar-refractivity contribution < 1.29 is 0 Å². The van der Waals surface area contributed by atoms with Crippen LogP contribution in [-0.4, -0.2) is 9.38 Å². The van der Waals surface area contributed by atoms with Gasteiger partial charge in [-0.05, 0) is 24.1 Å². The molecular weight excluding hydrogens is 278 g/mol. The van der Waals surface area contributed by atoms with Crippen LogP contribution in [0.25, 0.3) is 4.96 Å². The van der Waals surface area contributed by atoms with Crippen LogP contribution >= 0.6 is 22.9 Å². The van der Waals surface area contributed by atoms with Gasteiger partial charge < -0.3 is 5.73 Å². The lowest BCUT2D eigenvalue weighted by Crippen LogP contribution is -2.14. The zero-order valence-corrected chi connectivity index (χ0v) is 12.1. The predicted molar refractivity (Wildman–Crippen MR) is 79.9 cm³/mol. The number of nitrogens with two attached hydrogens (primary N) is 1. The first-order valence-corrected chi connectivity index (χ1v) is 7.32. The number of aryl methyl sites for hydroxylation is 1. The van der Waals surface area contributed by atoms with Crippen molar-refractivity contribution in [2.45, 2.75) is 19.4 Å². The smallest absolute Gasteiger partial charge is 0.193 e. The number of fused-ring (bicyclic) bond motifs is 1. The fraction of sp³-hybridized carbons (Fsp3) is 0.214. The van der Waals surface area contributed by atoms with Crippen molar-refractivity contribution in [2.75, 3.05) is 0 Å².